The molecule has 0 radical (unpaired) electrons. The minimum Gasteiger partial charge on any atom is -0.493 e. The van der Waals surface area contributed by atoms with Crippen molar-refractivity contribution in [1.29, 1.82) is 0 Å². The molecule has 59 heavy (non-hydrogen) atoms. The number of anilines is 2. The van der Waals surface area contributed by atoms with E-state index in [1.54, 1.807) is 36.4 Å². The maximum Gasteiger partial charge on any atom is 0.300 e. The standard InChI is InChI=1S/C41H41N7O11/c49-34-17-16-33(39(51)43-34)47-40(52)29-12-5-4-11-28(29)36(41(47)53)42-19-21-57-23-25-58-24-22-56-20-18-35(50)46(30-13-7-6-10-27(30)26-8-2-1-3-9-26)31-14-15-32(48(54)55)38-37(31)44-59-45-38/h1-15,33,40,42,52-53H,16-25H2,(H,43,49,51). The van der Waals surface area contributed by atoms with Gasteiger partial charge in [0.25, 0.3) is 0 Å². The molecule has 3 amide bonds. The number of fused-ring (bicyclic) bond motifs is 2. The van der Waals surface area contributed by atoms with Gasteiger partial charge in [0.05, 0.1) is 62.4 Å². The van der Waals surface area contributed by atoms with E-state index in [4.69, 9.17) is 18.8 Å². The van der Waals surface area contributed by atoms with E-state index in [1.807, 2.05) is 42.5 Å². The summed E-state index contributed by atoms with van der Waals surface area (Å²) in [5.74, 6) is -1.65. The first kappa shape index (κ1) is 40.5. The van der Waals surface area contributed by atoms with E-state index in [0.717, 1.165) is 11.1 Å². The molecule has 2 unspecified atom stereocenters. The summed E-state index contributed by atoms with van der Waals surface area (Å²) in [4.78, 5) is 52.1. The van der Waals surface area contributed by atoms with Gasteiger partial charge in [-0.3, -0.25) is 39.6 Å². The third-order valence-corrected chi connectivity index (χ3v) is 9.83. The van der Waals surface area contributed by atoms with Gasteiger partial charge in [0.1, 0.15) is 11.7 Å². The van der Waals surface area contributed by atoms with Crippen LogP contribution in [0, 0.1) is 10.1 Å². The second-order valence-corrected chi connectivity index (χ2v) is 13.5. The number of carbonyl (C=O) groups is 3. The van der Waals surface area contributed by atoms with Crippen LogP contribution in [0.15, 0.2) is 102 Å². The number of amides is 3. The first-order valence-corrected chi connectivity index (χ1v) is 18.9. The number of piperidine rings is 1. The van der Waals surface area contributed by atoms with Crippen LogP contribution in [0.25, 0.3) is 27.9 Å². The molecule has 4 N–H and O–H groups in total. The molecule has 0 spiro atoms. The minimum atomic E-state index is -1.29. The summed E-state index contributed by atoms with van der Waals surface area (Å²) < 4.78 is 22.0. The molecule has 5 aromatic rings. The van der Waals surface area contributed by atoms with Gasteiger partial charge >= 0.3 is 5.69 Å². The smallest absolute Gasteiger partial charge is 0.300 e. The fourth-order valence-corrected chi connectivity index (χ4v) is 7.06. The van der Waals surface area contributed by atoms with Gasteiger partial charge < -0.3 is 29.7 Å². The Morgan fingerprint density at radius 3 is 2.27 bits per heavy atom. The maximum atomic E-state index is 14.0. The number of hydrogen-bond donors (Lipinski definition) is 4. The summed E-state index contributed by atoms with van der Waals surface area (Å²) in [6, 6.07) is 25.6. The van der Waals surface area contributed by atoms with Crippen LogP contribution in [-0.2, 0) is 28.6 Å². The fourth-order valence-electron chi connectivity index (χ4n) is 7.06. The summed E-state index contributed by atoms with van der Waals surface area (Å²) in [6.45, 7) is 1.56. The molecule has 306 valence electrons. The normalized spacial score (nSPS) is 16.5. The zero-order valence-electron chi connectivity index (χ0n) is 31.7. The highest BCUT2D eigenvalue weighted by atomic mass is 16.6. The van der Waals surface area contributed by atoms with Gasteiger partial charge in [-0.2, -0.15) is 0 Å². The molecule has 1 saturated heterocycles. The molecule has 2 aliphatic rings. The number of ether oxygens (including phenoxy) is 3. The van der Waals surface area contributed by atoms with Gasteiger partial charge in [-0.1, -0.05) is 72.8 Å². The number of benzene rings is 4. The van der Waals surface area contributed by atoms with E-state index in [1.165, 1.54) is 21.9 Å². The molecule has 1 aromatic heterocycles. The zero-order valence-corrected chi connectivity index (χ0v) is 31.7. The largest absolute Gasteiger partial charge is 0.493 e. The Kier molecular flexibility index (Phi) is 12.8. The lowest BCUT2D eigenvalue weighted by atomic mass is 9.95. The molecule has 0 bridgehead atoms. The Bertz CT molecular complexity index is 2350. The number of nitrogens with zero attached hydrogens (tertiary/aromatic N) is 5. The van der Waals surface area contributed by atoms with Crippen LogP contribution < -0.4 is 15.5 Å². The monoisotopic (exact) mass is 807 g/mol. The van der Waals surface area contributed by atoms with Crippen molar-refractivity contribution in [1.82, 2.24) is 25.8 Å². The highest BCUT2D eigenvalue weighted by molar-refractivity contribution is 6.10. The number of nitrogens with one attached hydrogen (secondary N) is 2. The molecule has 7 rings (SSSR count). The topological polar surface area (TPSA) is 232 Å². The number of carbonyl (C=O) groups excluding carboxylic acids is 3. The first-order valence-electron chi connectivity index (χ1n) is 18.9. The second kappa shape index (κ2) is 18.7. The number of para-hydroxylation sites is 1. The van der Waals surface area contributed by atoms with E-state index >= 15 is 0 Å². The Labute approximate surface area is 337 Å². The third kappa shape index (κ3) is 8.90. The van der Waals surface area contributed by atoms with Crippen molar-refractivity contribution < 1.29 is 48.4 Å². The van der Waals surface area contributed by atoms with Gasteiger partial charge in [0, 0.05) is 35.7 Å². The highest BCUT2D eigenvalue weighted by Crippen LogP contribution is 2.41. The fraction of sp³-hybridized carbons (Fsp3) is 0.293. The molecule has 4 aromatic carbocycles. The van der Waals surface area contributed by atoms with Gasteiger partial charge in [-0.15, -0.1) is 0 Å². The third-order valence-electron chi connectivity index (χ3n) is 9.83. The van der Waals surface area contributed by atoms with E-state index < -0.39 is 29.0 Å². The summed E-state index contributed by atoms with van der Waals surface area (Å²) in [5, 5.41) is 47.1. The van der Waals surface area contributed by atoms with Crippen LogP contribution >= 0.6 is 0 Å². The van der Waals surface area contributed by atoms with Crippen LogP contribution in [-0.4, -0.2) is 100 Å². The average Bonchev–Trinajstić information content (AvgIpc) is 3.74. The zero-order chi connectivity index (χ0) is 41.3. The van der Waals surface area contributed by atoms with Crippen LogP contribution in [0.4, 0.5) is 17.1 Å². The van der Waals surface area contributed by atoms with E-state index in [0.29, 0.717) is 22.5 Å². The Hall–Kier alpha value is -6.73. The second-order valence-electron chi connectivity index (χ2n) is 13.5. The number of nitro benzene ring substituents is 1. The lowest BCUT2D eigenvalue weighted by Crippen LogP contribution is -2.54. The van der Waals surface area contributed by atoms with E-state index in [2.05, 4.69) is 20.9 Å². The van der Waals surface area contributed by atoms with Crippen LogP contribution in [0.2, 0.25) is 0 Å². The summed E-state index contributed by atoms with van der Waals surface area (Å²) in [7, 11) is 0. The van der Waals surface area contributed by atoms with E-state index in [9.17, 15) is 34.7 Å². The van der Waals surface area contributed by atoms with Gasteiger partial charge in [-0.05, 0) is 34.4 Å². The average molecular weight is 808 g/mol. The number of aromatic nitrogens is 2. The highest BCUT2D eigenvalue weighted by Gasteiger charge is 2.41. The van der Waals surface area contributed by atoms with E-state index in [-0.39, 0.29) is 99.6 Å². The number of nitro groups is 1. The van der Waals surface area contributed by atoms with Crippen molar-refractivity contribution in [3.05, 3.63) is 118 Å². The molecule has 1 fully saturated rings. The number of non-ortho nitro benzene ring substituents is 1. The predicted octanol–water partition coefficient (Wildman–Crippen LogP) is 4.49. The Morgan fingerprint density at radius 2 is 1.53 bits per heavy atom. The summed E-state index contributed by atoms with van der Waals surface area (Å²) in [6.07, 6.45) is -1.10. The number of rotatable bonds is 18. The van der Waals surface area contributed by atoms with Crippen molar-refractivity contribution in [2.75, 3.05) is 51.1 Å². The molecular weight excluding hydrogens is 766 g/mol. The molecule has 0 saturated carbocycles. The SMILES string of the molecule is O=C1CCC(N2C(O)=C(NCCOCCOCCOCCC(=O)N(c3ccccc3-c3ccccc3)c3ccc([N+](=O)[O-])c4nonc34)c3ccccc3C2O)C(=O)N1. The lowest BCUT2D eigenvalue weighted by Gasteiger charge is -2.41. The number of imide groups is 1. The molecule has 3 heterocycles. The predicted molar refractivity (Wildman–Crippen MR) is 212 cm³/mol. The van der Waals surface area contributed by atoms with Gasteiger partial charge in [0.2, 0.25) is 29.1 Å². The molecule has 0 aliphatic carbocycles. The Balaban J connectivity index is 0.884. The van der Waals surface area contributed by atoms with Crippen molar-refractivity contribution in [2.45, 2.75) is 31.5 Å². The first-order chi connectivity index (χ1) is 28.7. The number of aliphatic hydroxyl groups is 2. The lowest BCUT2D eigenvalue weighted by molar-refractivity contribution is -0.383. The molecular formula is C41H41N7O11. The van der Waals surface area contributed by atoms with Crippen LogP contribution in [0.1, 0.15) is 36.6 Å². The minimum absolute atomic E-state index is 0.0380. The van der Waals surface area contributed by atoms with Crippen molar-refractivity contribution >= 4 is 51.5 Å². The van der Waals surface area contributed by atoms with Crippen molar-refractivity contribution in [3.8, 4) is 11.1 Å². The maximum absolute atomic E-state index is 14.0. The summed E-state index contributed by atoms with van der Waals surface area (Å²) in [5.41, 5.74) is 3.49. The van der Waals surface area contributed by atoms with Crippen LogP contribution in [0.3, 0.4) is 0 Å². The Morgan fingerprint density at radius 1 is 0.864 bits per heavy atom. The molecule has 2 atom stereocenters. The molecule has 18 nitrogen and oxygen atoms in total. The van der Waals surface area contributed by atoms with Gasteiger partial charge in [-0.25, -0.2) is 4.63 Å². The quantitative estimate of drug-likeness (QED) is 0.0414. The van der Waals surface area contributed by atoms with Crippen molar-refractivity contribution in [3.63, 3.8) is 0 Å². The summed E-state index contributed by atoms with van der Waals surface area (Å²) >= 11 is 0. The van der Waals surface area contributed by atoms with Crippen molar-refractivity contribution in [2.24, 2.45) is 0 Å². The number of hydrogen-bond acceptors (Lipinski definition) is 15. The molecule has 18 heteroatoms. The van der Waals surface area contributed by atoms with Gasteiger partial charge in [0.15, 0.2) is 11.7 Å². The van der Waals surface area contributed by atoms with Crippen LogP contribution in [0.5, 0.6) is 0 Å². The molecule has 2 aliphatic heterocycles. The number of aliphatic hydroxyl groups excluding tert-OH is 2.